The molecule has 1 aliphatic rings. The van der Waals surface area contributed by atoms with Crippen molar-refractivity contribution in [3.63, 3.8) is 0 Å². The summed E-state index contributed by atoms with van der Waals surface area (Å²) in [7, 11) is 0. The molecule has 1 saturated heterocycles. The Morgan fingerprint density at radius 3 is 2.65 bits per heavy atom. The number of aliphatic imine (C=N–C) groups is 1. The maximum atomic E-state index is 12.0. The van der Waals surface area contributed by atoms with E-state index in [2.05, 4.69) is 27.5 Å². The van der Waals surface area contributed by atoms with Crippen LogP contribution in [-0.2, 0) is 11.3 Å². The molecule has 6 nitrogen and oxygen atoms in total. The molecule has 1 aromatic heterocycles. The number of hydrogen-bond acceptors (Lipinski definition) is 4. The highest BCUT2D eigenvalue weighted by Gasteiger charge is 2.17. The van der Waals surface area contributed by atoms with Crippen molar-refractivity contribution >= 4 is 23.2 Å². The van der Waals surface area contributed by atoms with E-state index in [9.17, 15) is 4.79 Å². The van der Waals surface area contributed by atoms with Crippen molar-refractivity contribution in [1.82, 2.24) is 20.5 Å². The van der Waals surface area contributed by atoms with Gasteiger partial charge in [-0.2, -0.15) is 0 Å². The summed E-state index contributed by atoms with van der Waals surface area (Å²) in [5.74, 6) is 0.976. The minimum atomic E-state index is 0.233. The number of aromatic nitrogens is 1. The first-order valence-electron chi connectivity index (χ1n) is 8.33. The van der Waals surface area contributed by atoms with Crippen LogP contribution in [0, 0.1) is 13.8 Å². The van der Waals surface area contributed by atoms with Crippen LogP contribution in [0.15, 0.2) is 4.99 Å². The lowest BCUT2D eigenvalue weighted by Gasteiger charge is -2.16. The molecule has 0 unspecified atom stereocenters. The molecule has 2 rings (SSSR count). The molecule has 0 spiro atoms. The third-order valence-electron chi connectivity index (χ3n) is 3.88. The molecular weight excluding hydrogens is 310 g/mol. The molecule has 2 heterocycles. The fourth-order valence-electron chi connectivity index (χ4n) is 2.51. The van der Waals surface area contributed by atoms with Crippen LogP contribution in [0.3, 0.4) is 0 Å². The topological polar surface area (TPSA) is 69.6 Å². The highest BCUT2D eigenvalue weighted by atomic mass is 32.1. The first-order valence-corrected chi connectivity index (χ1v) is 9.14. The minimum absolute atomic E-state index is 0.233. The number of rotatable bonds is 6. The molecule has 1 fully saturated rings. The van der Waals surface area contributed by atoms with Crippen LogP contribution in [0.25, 0.3) is 0 Å². The Morgan fingerprint density at radius 2 is 2.04 bits per heavy atom. The lowest BCUT2D eigenvalue weighted by atomic mass is 10.3. The van der Waals surface area contributed by atoms with E-state index in [1.54, 1.807) is 11.3 Å². The van der Waals surface area contributed by atoms with E-state index in [-0.39, 0.29) is 5.91 Å². The van der Waals surface area contributed by atoms with Gasteiger partial charge in [0.1, 0.15) is 5.01 Å². The number of nitrogens with one attached hydrogen (secondary N) is 2. The summed E-state index contributed by atoms with van der Waals surface area (Å²) in [5, 5.41) is 7.46. The van der Waals surface area contributed by atoms with Gasteiger partial charge in [0.15, 0.2) is 5.96 Å². The van der Waals surface area contributed by atoms with Gasteiger partial charge < -0.3 is 15.5 Å². The summed E-state index contributed by atoms with van der Waals surface area (Å²) in [6.45, 7) is 9.92. The summed E-state index contributed by atoms with van der Waals surface area (Å²) in [6, 6.07) is 0. The van der Waals surface area contributed by atoms with Crippen molar-refractivity contribution in [3.05, 3.63) is 15.6 Å². The second kappa shape index (κ2) is 8.86. The van der Waals surface area contributed by atoms with E-state index >= 15 is 0 Å². The van der Waals surface area contributed by atoms with Crippen LogP contribution in [0.4, 0.5) is 0 Å². The van der Waals surface area contributed by atoms with Crippen molar-refractivity contribution in [2.75, 3.05) is 26.2 Å². The fourth-order valence-corrected chi connectivity index (χ4v) is 3.37. The minimum Gasteiger partial charge on any atom is -0.357 e. The Bertz CT molecular complexity index is 529. The zero-order valence-corrected chi connectivity index (χ0v) is 15.1. The van der Waals surface area contributed by atoms with E-state index in [0.717, 1.165) is 49.1 Å². The number of guanidine groups is 1. The summed E-state index contributed by atoms with van der Waals surface area (Å²) in [4.78, 5) is 24.3. The summed E-state index contributed by atoms with van der Waals surface area (Å²) in [5.41, 5.74) is 1.08. The van der Waals surface area contributed by atoms with E-state index < -0.39 is 0 Å². The molecule has 0 aromatic carbocycles. The molecule has 1 aromatic rings. The molecule has 1 aliphatic heterocycles. The number of amides is 1. The largest absolute Gasteiger partial charge is 0.357 e. The van der Waals surface area contributed by atoms with E-state index in [4.69, 9.17) is 0 Å². The SMILES string of the molecule is CCNC(=NCc1nc(C)c(C)s1)NCCC(=O)N1CCCC1. The molecule has 1 amide bonds. The van der Waals surface area contributed by atoms with Crippen LogP contribution in [-0.4, -0.2) is 47.9 Å². The van der Waals surface area contributed by atoms with Gasteiger partial charge in [-0.05, 0) is 33.6 Å². The number of likely N-dealkylation sites (tertiary alicyclic amines) is 1. The van der Waals surface area contributed by atoms with Crippen LogP contribution >= 0.6 is 11.3 Å². The number of thiazole rings is 1. The first-order chi connectivity index (χ1) is 11.1. The van der Waals surface area contributed by atoms with Crippen LogP contribution in [0.2, 0.25) is 0 Å². The van der Waals surface area contributed by atoms with Gasteiger partial charge in [0, 0.05) is 37.5 Å². The van der Waals surface area contributed by atoms with Gasteiger partial charge in [-0.1, -0.05) is 0 Å². The van der Waals surface area contributed by atoms with E-state index in [0.29, 0.717) is 19.5 Å². The third-order valence-corrected chi connectivity index (χ3v) is 4.94. The van der Waals surface area contributed by atoms with Gasteiger partial charge in [0.25, 0.3) is 0 Å². The molecule has 2 N–H and O–H groups in total. The summed E-state index contributed by atoms with van der Waals surface area (Å²) >= 11 is 1.69. The number of hydrogen-bond donors (Lipinski definition) is 2. The Morgan fingerprint density at radius 1 is 1.30 bits per heavy atom. The molecule has 0 atom stereocenters. The van der Waals surface area contributed by atoms with Gasteiger partial charge in [0.2, 0.25) is 5.91 Å². The van der Waals surface area contributed by atoms with Gasteiger partial charge in [0.05, 0.1) is 12.2 Å². The van der Waals surface area contributed by atoms with Crippen LogP contribution < -0.4 is 10.6 Å². The second-order valence-electron chi connectivity index (χ2n) is 5.71. The number of carbonyl (C=O) groups excluding carboxylic acids is 1. The quantitative estimate of drug-likeness (QED) is 0.614. The van der Waals surface area contributed by atoms with Crippen molar-refractivity contribution in [3.8, 4) is 0 Å². The van der Waals surface area contributed by atoms with Gasteiger partial charge in [-0.3, -0.25) is 4.79 Å². The van der Waals surface area contributed by atoms with Crippen molar-refractivity contribution in [2.45, 2.75) is 46.6 Å². The normalized spacial score (nSPS) is 15.1. The third kappa shape index (κ3) is 5.49. The molecule has 7 heteroatoms. The second-order valence-corrected chi connectivity index (χ2v) is 7.00. The number of aryl methyl sites for hydroxylation is 2. The zero-order valence-electron chi connectivity index (χ0n) is 14.3. The number of carbonyl (C=O) groups is 1. The molecule has 0 saturated carbocycles. The smallest absolute Gasteiger partial charge is 0.224 e. The van der Waals surface area contributed by atoms with Gasteiger partial charge in [-0.15, -0.1) is 11.3 Å². The Labute approximate surface area is 142 Å². The van der Waals surface area contributed by atoms with Crippen molar-refractivity contribution < 1.29 is 4.79 Å². The average Bonchev–Trinajstić information content (AvgIpc) is 3.15. The standard InChI is InChI=1S/C16H27N5OS/c1-4-17-16(19-11-14-20-12(2)13(3)23-14)18-8-7-15(22)21-9-5-6-10-21/h4-11H2,1-3H3,(H2,17,18,19). The van der Waals surface area contributed by atoms with E-state index in [1.807, 2.05) is 18.7 Å². The Balaban J connectivity index is 1.80. The highest BCUT2D eigenvalue weighted by molar-refractivity contribution is 7.11. The fraction of sp³-hybridized carbons (Fsp3) is 0.688. The lowest BCUT2D eigenvalue weighted by Crippen LogP contribution is -2.39. The van der Waals surface area contributed by atoms with Crippen molar-refractivity contribution in [1.29, 1.82) is 0 Å². The molecule has 0 radical (unpaired) electrons. The maximum absolute atomic E-state index is 12.0. The Hall–Kier alpha value is -1.63. The molecule has 0 aliphatic carbocycles. The molecule has 128 valence electrons. The monoisotopic (exact) mass is 337 g/mol. The maximum Gasteiger partial charge on any atom is 0.224 e. The number of nitrogens with zero attached hydrogens (tertiary/aromatic N) is 3. The summed E-state index contributed by atoms with van der Waals surface area (Å²) in [6.07, 6.45) is 2.78. The molecule has 23 heavy (non-hydrogen) atoms. The summed E-state index contributed by atoms with van der Waals surface area (Å²) < 4.78 is 0. The highest BCUT2D eigenvalue weighted by Crippen LogP contribution is 2.16. The van der Waals surface area contributed by atoms with Gasteiger partial charge in [-0.25, -0.2) is 9.98 Å². The van der Waals surface area contributed by atoms with Crippen LogP contribution in [0.5, 0.6) is 0 Å². The molecule has 0 bridgehead atoms. The first kappa shape index (κ1) is 17.7. The van der Waals surface area contributed by atoms with Crippen LogP contribution in [0.1, 0.15) is 41.8 Å². The van der Waals surface area contributed by atoms with Gasteiger partial charge >= 0.3 is 0 Å². The Kier molecular flexibility index (Phi) is 6.83. The van der Waals surface area contributed by atoms with E-state index in [1.165, 1.54) is 4.88 Å². The average molecular weight is 337 g/mol. The lowest BCUT2D eigenvalue weighted by molar-refractivity contribution is -0.129. The predicted molar refractivity (Wildman–Crippen MR) is 94.8 cm³/mol. The predicted octanol–water partition coefficient (Wildman–Crippen LogP) is 1.83. The van der Waals surface area contributed by atoms with Crippen molar-refractivity contribution in [2.24, 2.45) is 4.99 Å². The molecular formula is C16H27N5OS. The zero-order chi connectivity index (χ0) is 16.7.